The van der Waals surface area contributed by atoms with Crippen LogP contribution in [-0.4, -0.2) is 27.3 Å². The van der Waals surface area contributed by atoms with Gasteiger partial charge in [0.2, 0.25) is 0 Å². The van der Waals surface area contributed by atoms with Gasteiger partial charge >= 0.3 is 0 Å². The highest BCUT2D eigenvalue weighted by atomic mass is 32.2. The van der Waals surface area contributed by atoms with E-state index in [1.54, 1.807) is 41.4 Å². The molecule has 0 aromatic heterocycles. The van der Waals surface area contributed by atoms with E-state index in [0.717, 1.165) is 22.6 Å². The third kappa shape index (κ3) is 3.13. The average molecular weight is 364 g/mol. The van der Waals surface area contributed by atoms with Crippen LogP contribution in [0.1, 0.15) is 18.9 Å². The molecular weight excluding hydrogens is 342 g/mol. The highest BCUT2D eigenvalue weighted by Crippen LogP contribution is 2.39. The Bertz CT molecular complexity index is 849. The Morgan fingerprint density at radius 1 is 1.21 bits per heavy atom. The Balaban J connectivity index is 2.08. The van der Waals surface area contributed by atoms with Gasteiger partial charge in [-0.05, 0) is 49.2 Å². The molecule has 0 bridgehead atoms. The van der Waals surface area contributed by atoms with E-state index in [-0.39, 0.29) is 0 Å². The van der Waals surface area contributed by atoms with Gasteiger partial charge < -0.3 is 4.74 Å². The van der Waals surface area contributed by atoms with Crippen molar-refractivity contribution in [2.75, 3.05) is 18.0 Å². The van der Waals surface area contributed by atoms with Gasteiger partial charge in [-0.1, -0.05) is 19.1 Å². The van der Waals surface area contributed by atoms with Gasteiger partial charge in [-0.2, -0.15) is 0 Å². The summed E-state index contributed by atoms with van der Waals surface area (Å²) in [7, 11) is -2.02. The topological polar surface area (TPSA) is 46.6 Å². The first kappa shape index (κ1) is 17.2. The van der Waals surface area contributed by atoms with E-state index in [1.807, 2.05) is 31.2 Å². The Kier molecular flexibility index (Phi) is 4.78. The van der Waals surface area contributed by atoms with E-state index in [4.69, 9.17) is 4.74 Å². The van der Waals surface area contributed by atoms with Crippen molar-refractivity contribution in [2.24, 2.45) is 0 Å². The smallest absolute Gasteiger partial charge is 0.264 e. The molecule has 0 saturated carbocycles. The number of hydrogen-bond donors (Lipinski definition) is 0. The molecule has 2 aromatic carbocycles. The zero-order valence-electron chi connectivity index (χ0n) is 14.0. The SMILES string of the molecule is COc1ccc(S(=O)(=O)N2CC[C@@H](C)Sc3ccccc32)cc1C. The summed E-state index contributed by atoms with van der Waals surface area (Å²) in [6.07, 6.45) is 0.813. The summed E-state index contributed by atoms with van der Waals surface area (Å²) in [4.78, 5) is 1.31. The summed E-state index contributed by atoms with van der Waals surface area (Å²) in [6.45, 7) is 4.47. The van der Waals surface area contributed by atoms with E-state index in [2.05, 4.69) is 6.92 Å². The molecule has 1 aliphatic heterocycles. The summed E-state index contributed by atoms with van der Waals surface area (Å²) in [5.41, 5.74) is 1.57. The second-order valence-corrected chi connectivity index (χ2v) is 9.24. The number of aryl methyl sites for hydroxylation is 1. The monoisotopic (exact) mass is 363 g/mol. The highest BCUT2D eigenvalue weighted by Gasteiger charge is 2.30. The van der Waals surface area contributed by atoms with E-state index in [9.17, 15) is 8.42 Å². The van der Waals surface area contributed by atoms with Crippen LogP contribution in [0.5, 0.6) is 5.75 Å². The molecule has 1 atom stereocenters. The number of methoxy groups -OCH3 is 1. The lowest BCUT2D eigenvalue weighted by atomic mass is 10.2. The predicted molar refractivity (Wildman–Crippen MR) is 98.6 cm³/mol. The fourth-order valence-corrected chi connectivity index (χ4v) is 5.60. The van der Waals surface area contributed by atoms with Gasteiger partial charge in [-0.25, -0.2) is 8.42 Å². The Labute approximate surface area is 147 Å². The second kappa shape index (κ2) is 6.69. The van der Waals surface area contributed by atoms with Crippen LogP contribution in [0.3, 0.4) is 0 Å². The van der Waals surface area contributed by atoms with Crippen LogP contribution in [0.2, 0.25) is 0 Å². The first-order chi connectivity index (χ1) is 11.4. The van der Waals surface area contributed by atoms with Crippen LogP contribution in [0, 0.1) is 6.92 Å². The second-order valence-electron chi connectivity index (χ2n) is 5.89. The van der Waals surface area contributed by atoms with Crippen molar-refractivity contribution in [3.63, 3.8) is 0 Å². The predicted octanol–water partition coefficient (Wildman–Crippen LogP) is 4.08. The first-order valence-corrected chi connectivity index (χ1v) is 10.2. The highest BCUT2D eigenvalue weighted by molar-refractivity contribution is 8.00. The molecule has 0 N–H and O–H groups in total. The maximum absolute atomic E-state index is 13.2. The van der Waals surface area contributed by atoms with Gasteiger partial charge in [0.05, 0.1) is 17.7 Å². The van der Waals surface area contributed by atoms with E-state index in [0.29, 0.717) is 22.4 Å². The molecule has 0 radical (unpaired) electrons. The lowest BCUT2D eigenvalue weighted by Gasteiger charge is -2.24. The van der Waals surface area contributed by atoms with Crippen LogP contribution in [-0.2, 0) is 10.0 Å². The third-order valence-corrected chi connectivity index (χ3v) is 7.20. The van der Waals surface area contributed by atoms with Crippen molar-refractivity contribution in [2.45, 2.75) is 35.3 Å². The average Bonchev–Trinajstić information content (AvgIpc) is 2.73. The normalized spacial score (nSPS) is 18.0. The number of thioether (sulfide) groups is 1. The number of sulfonamides is 1. The Morgan fingerprint density at radius 2 is 1.96 bits per heavy atom. The summed E-state index contributed by atoms with van der Waals surface area (Å²) in [5.74, 6) is 0.689. The largest absolute Gasteiger partial charge is 0.496 e. The molecule has 1 aliphatic rings. The Morgan fingerprint density at radius 3 is 2.67 bits per heavy atom. The number of para-hydroxylation sites is 1. The molecule has 0 unspecified atom stereocenters. The van der Waals surface area contributed by atoms with E-state index >= 15 is 0 Å². The summed E-state index contributed by atoms with van der Waals surface area (Å²) in [6, 6.07) is 12.7. The van der Waals surface area contributed by atoms with E-state index in [1.165, 1.54) is 0 Å². The van der Waals surface area contributed by atoms with Gasteiger partial charge in [-0.3, -0.25) is 4.31 Å². The lowest BCUT2D eigenvalue weighted by molar-refractivity contribution is 0.411. The van der Waals surface area contributed by atoms with Gasteiger partial charge in [0.1, 0.15) is 5.75 Å². The minimum Gasteiger partial charge on any atom is -0.496 e. The van der Waals surface area contributed by atoms with Crippen molar-refractivity contribution < 1.29 is 13.2 Å². The number of benzene rings is 2. The minimum absolute atomic E-state index is 0.301. The lowest BCUT2D eigenvalue weighted by Crippen LogP contribution is -2.32. The van der Waals surface area contributed by atoms with Gasteiger partial charge in [-0.15, -0.1) is 11.8 Å². The quantitative estimate of drug-likeness (QED) is 0.824. The van der Waals surface area contributed by atoms with Gasteiger partial charge in [0.15, 0.2) is 0 Å². The van der Waals surface area contributed by atoms with Crippen LogP contribution in [0.4, 0.5) is 5.69 Å². The molecular formula is C18H21NO3S2. The van der Waals surface area contributed by atoms with Crippen LogP contribution in [0.25, 0.3) is 0 Å². The van der Waals surface area contributed by atoms with Crippen LogP contribution >= 0.6 is 11.8 Å². The molecule has 128 valence electrons. The van der Waals surface area contributed by atoms with Crippen molar-refractivity contribution in [1.82, 2.24) is 0 Å². The molecule has 3 rings (SSSR count). The molecule has 1 heterocycles. The van der Waals surface area contributed by atoms with Gasteiger partial charge in [0, 0.05) is 16.7 Å². The van der Waals surface area contributed by atoms with Gasteiger partial charge in [0.25, 0.3) is 10.0 Å². The van der Waals surface area contributed by atoms with E-state index < -0.39 is 10.0 Å². The third-order valence-electron chi connectivity index (χ3n) is 4.16. The van der Waals surface area contributed by atoms with Crippen molar-refractivity contribution >= 4 is 27.5 Å². The number of rotatable bonds is 3. The van der Waals surface area contributed by atoms with Crippen molar-refractivity contribution in [3.8, 4) is 5.75 Å². The number of fused-ring (bicyclic) bond motifs is 1. The molecule has 4 nitrogen and oxygen atoms in total. The summed E-state index contributed by atoms with van der Waals surface area (Å²) in [5, 5.41) is 0.379. The van der Waals surface area contributed by atoms with Crippen molar-refractivity contribution in [3.05, 3.63) is 48.0 Å². The number of ether oxygens (including phenoxy) is 1. The zero-order valence-corrected chi connectivity index (χ0v) is 15.7. The molecule has 2 aromatic rings. The Hall–Kier alpha value is -1.66. The number of hydrogen-bond acceptors (Lipinski definition) is 4. The molecule has 24 heavy (non-hydrogen) atoms. The molecule has 0 spiro atoms. The maximum Gasteiger partial charge on any atom is 0.264 e. The number of nitrogens with zero attached hydrogens (tertiary/aromatic N) is 1. The summed E-state index contributed by atoms with van der Waals surface area (Å²) >= 11 is 1.73. The molecule has 0 saturated heterocycles. The zero-order chi connectivity index (χ0) is 17.3. The number of anilines is 1. The van der Waals surface area contributed by atoms with Crippen molar-refractivity contribution in [1.29, 1.82) is 0 Å². The fourth-order valence-electron chi connectivity index (χ4n) is 2.85. The molecule has 6 heteroatoms. The molecule has 0 amide bonds. The van der Waals surface area contributed by atoms with Crippen LogP contribution in [0.15, 0.2) is 52.3 Å². The minimum atomic E-state index is -3.61. The summed E-state index contributed by atoms with van der Waals surface area (Å²) < 4.78 is 33.3. The molecule has 0 aliphatic carbocycles. The maximum atomic E-state index is 13.2. The molecule has 0 fully saturated rings. The first-order valence-electron chi connectivity index (χ1n) is 7.86. The van der Waals surface area contributed by atoms with Crippen LogP contribution < -0.4 is 9.04 Å². The fraction of sp³-hybridized carbons (Fsp3) is 0.333. The standard InChI is InChI=1S/C18H21NO3S2/c1-13-12-15(8-9-17(13)22-3)24(20,21)19-11-10-14(2)23-18-7-5-4-6-16(18)19/h4-9,12,14H,10-11H2,1-3H3/t14-/m1/s1.